The molecule has 0 spiro atoms. The first-order valence-corrected chi connectivity index (χ1v) is 32.8. The zero-order chi connectivity index (χ0) is 72.5. The Labute approximate surface area is 559 Å². The first-order valence-electron chi connectivity index (χ1n) is 32.8. The largest absolute Gasteiger partial charge is 0.480 e. The molecule has 25 N–H and O–H groups in total. The van der Waals surface area contributed by atoms with Crippen molar-refractivity contribution in [2.24, 2.45) is 40.5 Å². The number of primary amides is 2. The molecule has 0 aliphatic carbocycles. The van der Waals surface area contributed by atoms with Crippen LogP contribution in [0.2, 0.25) is 0 Å². The first kappa shape index (κ1) is 83.3. The third kappa shape index (κ3) is 29.5. The van der Waals surface area contributed by atoms with Crippen molar-refractivity contribution in [1.82, 2.24) is 74.0 Å². The molecule has 13 atom stereocenters. The number of nitrogens with one attached hydrogen (secondary N) is 14. The highest BCUT2D eigenvalue weighted by molar-refractivity contribution is 6.00. The standard InChI is InChI=1S/C60H106N20O16/c1-30(2)45(78-51(87)36-18-13-27-67-36)56(92)72-35(8)48(84)73-39(21-23-43(63)81)52(88)70-34(7)49(85)76-40(17-10-12-26-62)58(94)80-29-15-20-42(80)55(91)75-38(19-14-28-68-60(65)66)53(89)74-37(16-9-11-25-61)54(90)79-46(31(3)4)57(93)71-32(5)47(83)69-33(6)50(86)77-41(59(95)96)22-24-44(64)82/h30-42,45-46,67H,9-29,61-62H2,1-8H3,(H2,63,81)(H2,64,82)(H,69,83)(H,70,88)(H,71,93)(H,72,92)(H,73,84)(H,74,89)(H,75,91)(H,76,85)(H,77,86)(H,78,87)(H,79,90)(H,95,96)(H4,65,66,68)/t32-,33-,34-,35-,36-,37-,38-,39-,40-,41-,42-,45-,46-/m0/s1. The molecule has 36 nitrogen and oxygen atoms in total. The van der Waals surface area contributed by atoms with Crippen LogP contribution >= 0.6 is 0 Å². The van der Waals surface area contributed by atoms with E-state index in [1.54, 1.807) is 27.7 Å². The number of carbonyl (C=O) groups is 15. The summed E-state index contributed by atoms with van der Waals surface area (Å²) < 4.78 is 0. The van der Waals surface area contributed by atoms with Gasteiger partial charge in [0.25, 0.3) is 0 Å². The van der Waals surface area contributed by atoms with E-state index in [9.17, 15) is 77.0 Å². The van der Waals surface area contributed by atoms with Gasteiger partial charge >= 0.3 is 5.97 Å². The van der Waals surface area contributed by atoms with Gasteiger partial charge < -0.3 is 108 Å². The Hall–Kier alpha value is -8.80. The van der Waals surface area contributed by atoms with Gasteiger partial charge in [0.15, 0.2) is 5.96 Å². The Bertz CT molecular complexity index is 2710. The molecular formula is C60H106N20O16. The van der Waals surface area contributed by atoms with Crippen molar-refractivity contribution >= 4 is 94.6 Å². The summed E-state index contributed by atoms with van der Waals surface area (Å²) in [6.07, 6.45) is 2.02. The van der Waals surface area contributed by atoms with E-state index in [0.29, 0.717) is 45.1 Å². The summed E-state index contributed by atoms with van der Waals surface area (Å²) in [5.41, 5.74) is 27.6. The number of carbonyl (C=O) groups excluding carboxylic acids is 14. The molecule has 0 aromatic carbocycles. The smallest absolute Gasteiger partial charge is 0.326 e. The van der Waals surface area contributed by atoms with Crippen LogP contribution < -0.4 is 97.8 Å². The number of guanidine groups is 1. The number of hydrogen-bond donors (Lipinski definition) is 20. The second-order valence-electron chi connectivity index (χ2n) is 24.9. The predicted octanol–water partition coefficient (Wildman–Crippen LogP) is -6.41. The van der Waals surface area contributed by atoms with Gasteiger partial charge in [-0.1, -0.05) is 27.7 Å². The number of carboxylic acid groups (broad SMARTS) is 1. The summed E-state index contributed by atoms with van der Waals surface area (Å²) in [6.45, 7) is 13.1. The van der Waals surface area contributed by atoms with Gasteiger partial charge in [0.1, 0.15) is 72.5 Å². The molecule has 0 bridgehead atoms. The van der Waals surface area contributed by atoms with E-state index in [-0.39, 0.29) is 102 Å². The molecule has 0 aromatic heterocycles. The minimum atomic E-state index is -1.49. The Morgan fingerprint density at radius 1 is 0.458 bits per heavy atom. The van der Waals surface area contributed by atoms with Crippen molar-refractivity contribution in [2.45, 2.75) is 237 Å². The second kappa shape index (κ2) is 42.6. The first-order chi connectivity index (χ1) is 45.1. The number of unbranched alkanes of at least 4 members (excludes halogenated alkanes) is 2. The van der Waals surface area contributed by atoms with E-state index >= 15 is 0 Å². The third-order valence-corrected chi connectivity index (χ3v) is 16.1. The molecule has 2 fully saturated rings. The fourth-order valence-corrected chi connectivity index (χ4v) is 10.3. The Morgan fingerprint density at radius 3 is 1.34 bits per heavy atom. The highest BCUT2D eigenvalue weighted by Gasteiger charge is 2.41. The fourth-order valence-electron chi connectivity index (χ4n) is 10.3. The van der Waals surface area contributed by atoms with Crippen molar-refractivity contribution in [3.63, 3.8) is 0 Å². The molecule has 36 heteroatoms. The maximum Gasteiger partial charge on any atom is 0.326 e. The minimum Gasteiger partial charge on any atom is -0.480 e. The van der Waals surface area contributed by atoms with Gasteiger partial charge in [0.2, 0.25) is 82.7 Å². The highest BCUT2D eigenvalue weighted by Crippen LogP contribution is 2.21. The fraction of sp³-hybridized carbons (Fsp3) is 0.733. The Kier molecular flexibility index (Phi) is 37.0. The lowest BCUT2D eigenvalue weighted by Gasteiger charge is -2.31. The number of likely N-dealkylation sites (tertiary alicyclic amines) is 1. The van der Waals surface area contributed by atoms with Gasteiger partial charge in [-0.05, 0) is 149 Å². The number of rotatable bonds is 44. The summed E-state index contributed by atoms with van der Waals surface area (Å²) in [7, 11) is 0. The van der Waals surface area contributed by atoms with Crippen molar-refractivity contribution in [3.8, 4) is 0 Å². The van der Waals surface area contributed by atoms with Crippen LogP contribution in [0.3, 0.4) is 0 Å². The van der Waals surface area contributed by atoms with Gasteiger partial charge in [-0.15, -0.1) is 0 Å². The number of hydrogen-bond acceptors (Lipinski definition) is 19. The van der Waals surface area contributed by atoms with Crippen LogP contribution in [0.25, 0.3) is 0 Å². The van der Waals surface area contributed by atoms with Gasteiger partial charge in [0.05, 0.1) is 6.04 Å². The summed E-state index contributed by atoms with van der Waals surface area (Å²) >= 11 is 0. The molecule has 14 amide bonds. The Balaban J connectivity index is 2.32. The van der Waals surface area contributed by atoms with Crippen LogP contribution in [0.1, 0.15) is 158 Å². The summed E-state index contributed by atoms with van der Waals surface area (Å²) in [5.74, 6) is -13.8. The third-order valence-electron chi connectivity index (χ3n) is 16.1. The second-order valence-corrected chi connectivity index (χ2v) is 24.9. The summed E-state index contributed by atoms with van der Waals surface area (Å²) in [6, 6.07) is -16.2. The molecule has 2 aliphatic heterocycles. The van der Waals surface area contributed by atoms with Crippen molar-refractivity contribution in [2.75, 3.05) is 32.7 Å². The van der Waals surface area contributed by atoms with E-state index in [4.69, 9.17) is 34.1 Å². The SMILES string of the molecule is CC(C)[C@H](NC(=O)[C@@H]1CCCN1)C(=O)N[C@@H](C)C(=O)N[C@@H](CCC(N)=O)C(=O)N[C@@H](C)C(=O)N[C@@H](CCCCN)C(=O)N1CCC[C@H]1C(=O)N[C@@H](CCCNC(=N)N)C(=O)N[C@@H](CCCCN)C(=O)N[C@H](C(=O)N[C@@H](C)C(=O)N[C@@H](C)C(=O)N[C@@H](CCC(N)=O)C(=O)O)C(C)C. The molecule has 2 saturated heterocycles. The van der Waals surface area contributed by atoms with E-state index < -0.39 is 167 Å². The number of aliphatic carboxylic acids is 1. The zero-order valence-corrected chi connectivity index (χ0v) is 56.4. The van der Waals surface area contributed by atoms with Crippen molar-refractivity contribution < 1.29 is 77.0 Å². The van der Waals surface area contributed by atoms with Gasteiger partial charge in [-0.3, -0.25) is 72.5 Å². The number of nitrogens with two attached hydrogens (primary N) is 5. The summed E-state index contributed by atoms with van der Waals surface area (Å²) in [5, 5.41) is 50.9. The molecule has 0 radical (unpaired) electrons. The molecule has 0 unspecified atom stereocenters. The van der Waals surface area contributed by atoms with Crippen LogP contribution in [0.4, 0.5) is 0 Å². The normalized spacial score (nSPS) is 17.7. The summed E-state index contributed by atoms with van der Waals surface area (Å²) in [4.78, 5) is 201. The Morgan fingerprint density at radius 2 is 0.865 bits per heavy atom. The average molecular weight is 1360 g/mol. The molecule has 96 heavy (non-hydrogen) atoms. The molecular weight excluding hydrogens is 1260 g/mol. The monoisotopic (exact) mass is 1360 g/mol. The van der Waals surface area contributed by atoms with Crippen LogP contribution in [0.5, 0.6) is 0 Å². The predicted molar refractivity (Wildman–Crippen MR) is 349 cm³/mol. The van der Waals surface area contributed by atoms with E-state index in [2.05, 4.69) is 69.1 Å². The van der Waals surface area contributed by atoms with Gasteiger partial charge in [0, 0.05) is 25.9 Å². The van der Waals surface area contributed by atoms with Crippen LogP contribution in [0, 0.1) is 17.2 Å². The number of carboxylic acids is 1. The zero-order valence-electron chi connectivity index (χ0n) is 56.4. The minimum absolute atomic E-state index is 0.00347. The lowest BCUT2D eigenvalue weighted by atomic mass is 10.0. The average Bonchev–Trinajstić information content (AvgIpc) is 1.48. The molecule has 0 saturated carbocycles. The molecule has 542 valence electrons. The van der Waals surface area contributed by atoms with Crippen molar-refractivity contribution in [3.05, 3.63) is 0 Å². The number of amides is 14. The lowest BCUT2D eigenvalue weighted by Crippen LogP contribution is -2.60. The molecule has 2 heterocycles. The van der Waals surface area contributed by atoms with Crippen LogP contribution in [0.15, 0.2) is 0 Å². The van der Waals surface area contributed by atoms with E-state index in [1.165, 1.54) is 32.6 Å². The van der Waals surface area contributed by atoms with Gasteiger partial charge in [-0.2, -0.15) is 0 Å². The van der Waals surface area contributed by atoms with Gasteiger partial charge in [-0.25, -0.2) is 4.79 Å². The quantitative estimate of drug-likeness (QED) is 0.0153. The highest BCUT2D eigenvalue weighted by atomic mass is 16.4. The van der Waals surface area contributed by atoms with Crippen LogP contribution in [-0.2, 0) is 71.9 Å². The maximum absolute atomic E-state index is 14.6. The van der Waals surface area contributed by atoms with Crippen molar-refractivity contribution in [1.29, 1.82) is 5.41 Å². The topological polar surface area (TPSA) is 590 Å². The molecule has 0 aromatic rings. The van der Waals surface area contributed by atoms with Crippen LogP contribution in [-0.4, -0.2) is 216 Å². The van der Waals surface area contributed by atoms with E-state index in [0.717, 1.165) is 6.42 Å². The molecule has 2 aliphatic rings. The number of nitrogens with zero attached hydrogens (tertiary/aromatic N) is 1. The lowest BCUT2D eigenvalue weighted by molar-refractivity contribution is -0.143. The van der Waals surface area contributed by atoms with E-state index in [1.807, 2.05) is 0 Å². The molecule has 2 rings (SSSR count). The maximum atomic E-state index is 14.6.